The van der Waals surface area contributed by atoms with E-state index in [9.17, 15) is 8.42 Å². The van der Waals surface area contributed by atoms with Crippen LogP contribution in [0.1, 0.15) is 17.2 Å². The maximum Gasteiger partial charge on any atom is 0.233 e. The van der Waals surface area contributed by atoms with E-state index < -0.39 is 10.0 Å². The van der Waals surface area contributed by atoms with Gasteiger partial charge in [0.25, 0.3) is 0 Å². The van der Waals surface area contributed by atoms with Crippen LogP contribution in [0.2, 0.25) is 0 Å². The molecule has 1 unspecified atom stereocenters. The Balaban J connectivity index is 1.72. The van der Waals surface area contributed by atoms with Crippen LogP contribution in [0.25, 0.3) is 6.08 Å². The van der Waals surface area contributed by atoms with Crippen molar-refractivity contribution in [1.29, 1.82) is 0 Å². The molecule has 0 aliphatic carbocycles. The first-order chi connectivity index (χ1) is 13.6. The number of nitrogens with zero attached hydrogens (tertiary/aromatic N) is 1. The maximum absolute atomic E-state index is 12.5. The van der Waals surface area contributed by atoms with Gasteiger partial charge in [-0.05, 0) is 29.3 Å². The van der Waals surface area contributed by atoms with Gasteiger partial charge in [0.1, 0.15) is 5.75 Å². The van der Waals surface area contributed by atoms with Gasteiger partial charge in [-0.3, -0.25) is 4.90 Å². The summed E-state index contributed by atoms with van der Waals surface area (Å²) in [6.07, 6.45) is 1.60. The first-order valence-corrected chi connectivity index (χ1v) is 10.8. The van der Waals surface area contributed by atoms with E-state index in [0.29, 0.717) is 13.2 Å². The molecule has 0 aromatic heterocycles. The molecule has 1 atom stereocenters. The molecule has 0 radical (unpaired) electrons. The molecule has 0 amide bonds. The van der Waals surface area contributed by atoms with Gasteiger partial charge < -0.3 is 9.47 Å². The Bertz CT molecular complexity index is 861. The summed E-state index contributed by atoms with van der Waals surface area (Å²) in [6.45, 7) is 3.10. The minimum Gasteiger partial charge on any atom is -0.497 e. The predicted molar refractivity (Wildman–Crippen MR) is 111 cm³/mol. The third-order valence-electron chi connectivity index (χ3n) is 4.70. The van der Waals surface area contributed by atoms with Gasteiger partial charge in [-0.1, -0.05) is 42.5 Å². The molecule has 0 spiro atoms. The van der Waals surface area contributed by atoms with Crippen LogP contribution in [-0.2, 0) is 14.8 Å². The molecule has 150 valence electrons. The molecule has 3 rings (SSSR count). The van der Waals surface area contributed by atoms with Gasteiger partial charge in [-0.2, -0.15) is 0 Å². The number of nitrogens with one attached hydrogen (secondary N) is 1. The molecule has 6 nitrogen and oxygen atoms in total. The lowest BCUT2D eigenvalue weighted by atomic mass is 10.0. The Morgan fingerprint density at radius 2 is 1.79 bits per heavy atom. The third-order valence-corrected chi connectivity index (χ3v) is 5.77. The van der Waals surface area contributed by atoms with Crippen LogP contribution < -0.4 is 9.46 Å². The monoisotopic (exact) mass is 402 g/mol. The molecular formula is C21H26N2O4S. The van der Waals surface area contributed by atoms with Crippen molar-refractivity contribution in [3.8, 4) is 5.75 Å². The number of methoxy groups -OCH3 is 1. The fraction of sp³-hybridized carbons (Fsp3) is 0.333. The zero-order valence-electron chi connectivity index (χ0n) is 16.0. The Kier molecular flexibility index (Phi) is 7.22. The van der Waals surface area contributed by atoms with E-state index in [2.05, 4.69) is 9.62 Å². The lowest BCUT2D eigenvalue weighted by molar-refractivity contribution is 0.0172. The lowest BCUT2D eigenvalue weighted by Gasteiger charge is -2.34. The van der Waals surface area contributed by atoms with Crippen molar-refractivity contribution in [2.75, 3.05) is 40.0 Å². The number of sulfonamides is 1. The molecule has 2 aromatic carbocycles. The van der Waals surface area contributed by atoms with Crippen LogP contribution in [0.4, 0.5) is 0 Å². The van der Waals surface area contributed by atoms with Crippen LogP contribution >= 0.6 is 0 Å². The van der Waals surface area contributed by atoms with Gasteiger partial charge in [-0.25, -0.2) is 13.1 Å². The van der Waals surface area contributed by atoms with Crippen molar-refractivity contribution in [2.45, 2.75) is 6.04 Å². The SMILES string of the molecule is COc1ccc(C(CNS(=O)(=O)/C=C/c2ccccc2)N2CCOCC2)cc1. The summed E-state index contributed by atoms with van der Waals surface area (Å²) in [6, 6.07) is 17.0. The summed E-state index contributed by atoms with van der Waals surface area (Å²) in [5.74, 6) is 0.774. The van der Waals surface area contributed by atoms with Crippen LogP contribution in [0.3, 0.4) is 0 Å². The molecule has 0 bridgehead atoms. The van der Waals surface area contributed by atoms with E-state index in [0.717, 1.165) is 30.0 Å². The second-order valence-corrected chi connectivity index (χ2v) is 8.20. The van der Waals surface area contributed by atoms with Crippen molar-refractivity contribution >= 4 is 16.1 Å². The van der Waals surface area contributed by atoms with E-state index >= 15 is 0 Å². The highest BCUT2D eigenvalue weighted by atomic mass is 32.2. The fourth-order valence-electron chi connectivity index (χ4n) is 3.15. The van der Waals surface area contributed by atoms with E-state index in [1.807, 2.05) is 54.6 Å². The van der Waals surface area contributed by atoms with Crippen molar-refractivity contribution in [3.63, 3.8) is 0 Å². The number of ether oxygens (including phenoxy) is 2. The molecule has 1 aliphatic heterocycles. The summed E-state index contributed by atoms with van der Waals surface area (Å²) in [5.41, 5.74) is 1.88. The lowest BCUT2D eigenvalue weighted by Crippen LogP contribution is -2.43. The smallest absolute Gasteiger partial charge is 0.233 e. The molecule has 1 saturated heterocycles. The molecule has 7 heteroatoms. The largest absolute Gasteiger partial charge is 0.497 e. The highest BCUT2D eigenvalue weighted by Crippen LogP contribution is 2.24. The summed E-state index contributed by atoms with van der Waals surface area (Å²) < 4.78 is 38.3. The van der Waals surface area contributed by atoms with E-state index in [4.69, 9.17) is 9.47 Å². The van der Waals surface area contributed by atoms with Crippen molar-refractivity contribution in [2.24, 2.45) is 0 Å². The van der Waals surface area contributed by atoms with E-state index in [1.54, 1.807) is 13.2 Å². The summed E-state index contributed by atoms with van der Waals surface area (Å²) in [7, 11) is -1.92. The van der Waals surface area contributed by atoms with Gasteiger partial charge in [0.05, 0.1) is 20.3 Å². The molecule has 28 heavy (non-hydrogen) atoms. The molecule has 0 saturated carbocycles. The summed E-state index contributed by atoms with van der Waals surface area (Å²) in [5, 5.41) is 1.22. The number of hydrogen-bond acceptors (Lipinski definition) is 5. The maximum atomic E-state index is 12.5. The minimum atomic E-state index is -3.55. The molecule has 1 fully saturated rings. The van der Waals surface area contributed by atoms with E-state index in [1.165, 1.54) is 5.41 Å². The predicted octanol–water partition coefficient (Wildman–Crippen LogP) is 2.66. The topological polar surface area (TPSA) is 67.9 Å². The number of rotatable bonds is 8. The first-order valence-electron chi connectivity index (χ1n) is 9.26. The Morgan fingerprint density at radius 1 is 1.11 bits per heavy atom. The van der Waals surface area contributed by atoms with Crippen LogP contribution in [-0.4, -0.2) is 53.3 Å². The van der Waals surface area contributed by atoms with Crippen LogP contribution in [0, 0.1) is 0 Å². The van der Waals surface area contributed by atoms with Crippen LogP contribution in [0.5, 0.6) is 5.75 Å². The van der Waals surface area contributed by atoms with E-state index in [-0.39, 0.29) is 12.6 Å². The normalized spacial score (nSPS) is 16.9. The summed E-state index contributed by atoms with van der Waals surface area (Å²) in [4.78, 5) is 2.24. The Labute approximate surface area is 166 Å². The second-order valence-electron chi connectivity index (χ2n) is 6.54. The highest BCUT2D eigenvalue weighted by Gasteiger charge is 2.24. The van der Waals surface area contributed by atoms with Gasteiger partial charge in [0.2, 0.25) is 10.0 Å². The molecule has 1 aliphatic rings. The Hall–Kier alpha value is -2.19. The minimum absolute atomic E-state index is 0.0743. The van der Waals surface area contributed by atoms with Crippen molar-refractivity contribution < 1.29 is 17.9 Å². The van der Waals surface area contributed by atoms with Gasteiger partial charge in [0, 0.05) is 31.1 Å². The zero-order chi connectivity index (χ0) is 19.8. The standard InChI is InChI=1S/C21H26N2O4S/c1-26-20-9-7-19(8-10-20)21(23-12-14-27-15-13-23)17-22-28(24,25)16-11-18-5-3-2-4-6-18/h2-11,16,21-22H,12-15,17H2,1H3/b16-11+. The molecule has 2 aromatic rings. The summed E-state index contributed by atoms with van der Waals surface area (Å²) >= 11 is 0. The highest BCUT2D eigenvalue weighted by molar-refractivity contribution is 7.92. The van der Waals surface area contributed by atoms with Gasteiger partial charge in [0.15, 0.2) is 0 Å². The molecule has 1 N–H and O–H groups in total. The average Bonchev–Trinajstić information content (AvgIpc) is 2.74. The van der Waals surface area contributed by atoms with Crippen molar-refractivity contribution in [1.82, 2.24) is 9.62 Å². The van der Waals surface area contributed by atoms with Crippen LogP contribution in [0.15, 0.2) is 60.0 Å². The quantitative estimate of drug-likeness (QED) is 0.735. The fourth-order valence-corrected chi connectivity index (χ4v) is 3.97. The number of morpholine rings is 1. The average molecular weight is 403 g/mol. The number of hydrogen-bond donors (Lipinski definition) is 1. The molecule has 1 heterocycles. The second kappa shape index (κ2) is 9.84. The third kappa shape index (κ3) is 5.90. The number of benzene rings is 2. The van der Waals surface area contributed by atoms with Crippen molar-refractivity contribution in [3.05, 3.63) is 71.1 Å². The van der Waals surface area contributed by atoms with Gasteiger partial charge in [-0.15, -0.1) is 0 Å². The molecular weight excluding hydrogens is 376 g/mol. The Morgan fingerprint density at radius 3 is 2.43 bits per heavy atom. The first kappa shape index (κ1) is 20.5. The van der Waals surface area contributed by atoms with Gasteiger partial charge >= 0.3 is 0 Å². The zero-order valence-corrected chi connectivity index (χ0v) is 16.8.